The first-order valence-electron chi connectivity index (χ1n) is 6.05. The third-order valence-corrected chi connectivity index (χ3v) is 2.57. The van der Waals surface area contributed by atoms with E-state index >= 15 is 0 Å². The standard InChI is InChI=1S/C8H17NO.C5H12O/c1-8(2,3)9-4-6-10-7-5-9;1-5(2,3)6-4/h4-7H2,1-3H3;1-4H3. The fourth-order valence-corrected chi connectivity index (χ4v) is 1.23. The normalized spacial score (nSPS) is 18.9. The van der Waals surface area contributed by atoms with E-state index < -0.39 is 0 Å². The fourth-order valence-electron chi connectivity index (χ4n) is 1.23. The fraction of sp³-hybridized carbons (Fsp3) is 1.00. The Morgan fingerprint density at radius 3 is 1.50 bits per heavy atom. The van der Waals surface area contributed by atoms with Gasteiger partial charge in [-0.3, -0.25) is 4.90 Å². The van der Waals surface area contributed by atoms with Crippen LogP contribution in [0, 0.1) is 0 Å². The Hall–Kier alpha value is -0.120. The monoisotopic (exact) mass is 231 g/mol. The summed E-state index contributed by atoms with van der Waals surface area (Å²) in [4.78, 5) is 2.45. The summed E-state index contributed by atoms with van der Waals surface area (Å²) in [6.45, 7) is 16.8. The highest BCUT2D eigenvalue weighted by Crippen LogP contribution is 2.13. The van der Waals surface area contributed by atoms with Gasteiger partial charge in [0.05, 0.1) is 18.8 Å². The molecule has 0 atom stereocenters. The second-order valence-corrected chi connectivity index (χ2v) is 6.09. The third-order valence-electron chi connectivity index (χ3n) is 2.57. The lowest BCUT2D eigenvalue weighted by Crippen LogP contribution is -2.47. The molecule has 0 aromatic rings. The molecule has 3 heteroatoms. The van der Waals surface area contributed by atoms with Crippen LogP contribution in [0.15, 0.2) is 0 Å². The average molecular weight is 231 g/mol. The first-order valence-corrected chi connectivity index (χ1v) is 6.05. The molecule has 1 heterocycles. The minimum Gasteiger partial charge on any atom is -0.379 e. The van der Waals surface area contributed by atoms with Gasteiger partial charge < -0.3 is 9.47 Å². The van der Waals surface area contributed by atoms with Gasteiger partial charge >= 0.3 is 0 Å². The van der Waals surface area contributed by atoms with Crippen molar-refractivity contribution >= 4 is 0 Å². The molecule has 0 unspecified atom stereocenters. The number of rotatable bonds is 0. The average Bonchev–Trinajstić information content (AvgIpc) is 2.18. The SMILES string of the molecule is CC(C)(C)N1CCOCC1.COC(C)(C)C. The van der Waals surface area contributed by atoms with Crippen molar-refractivity contribution in [3.63, 3.8) is 0 Å². The summed E-state index contributed by atoms with van der Waals surface area (Å²) in [5.74, 6) is 0. The summed E-state index contributed by atoms with van der Waals surface area (Å²) in [7, 11) is 1.71. The lowest BCUT2D eigenvalue weighted by Gasteiger charge is -2.38. The Bertz CT molecular complexity index is 173. The second-order valence-electron chi connectivity index (χ2n) is 6.09. The summed E-state index contributed by atoms with van der Waals surface area (Å²) < 4.78 is 10.2. The van der Waals surface area contributed by atoms with Crippen molar-refractivity contribution in [3.05, 3.63) is 0 Å². The van der Waals surface area contributed by atoms with Crippen molar-refractivity contribution in [2.24, 2.45) is 0 Å². The van der Waals surface area contributed by atoms with Gasteiger partial charge in [0.25, 0.3) is 0 Å². The van der Waals surface area contributed by atoms with Gasteiger partial charge in [-0.25, -0.2) is 0 Å². The lowest BCUT2D eigenvalue weighted by atomic mass is 10.1. The van der Waals surface area contributed by atoms with Gasteiger partial charge in [-0.2, -0.15) is 0 Å². The predicted octanol–water partition coefficient (Wildman–Crippen LogP) is 2.55. The zero-order chi connectivity index (χ0) is 12.8. The topological polar surface area (TPSA) is 21.7 Å². The number of ether oxygens (including phenoxy) is 2. The van der Waals surface area contributed by atoms with E-state index in [4.69, 9.17) is 9.47 Å². The van der Waals surface area contributed by atoms with Gasteiger partial charge in [0.15, 0.2) is 0 Å². The van der Waals surface area contributed by atoms with E-state index in [0.717, 1.165) is 26.3 Å². The largest absolute Gasteiger partial charge is 0.379 e. The van der Waals surface area contributed by atoms with Crippen molar-refractivity contribution < 1.29 is 9.47 Å². The number of methoxy groups -OCH3 is 1. The molecule has 98 valence electrons. The minimum atomic E-state index is 0.0417. The van der Waals surface area contributed by atoms with Crippen LogP contribution in [0.3, 0.4) is 0 Å². The minimum absolute atomic E-state index is 0.0417. The van der Waals surface area contributed by atoms with Gasteiger partial charge in [0.2, 0.25) is 0 Å². The van der Waals surface area contributed by atoms with E-state index in [2.05, 4.69) is 25.7 Å². The van der Waals surface area contributed by atoms with Gasteiger partial charge in [0, 0.05) is 25.7 Å². The van der Waals surface area contributed by atoms with Crippen LogP contribution in [0.2, 0.25) is 0 Å². The molecule has 0 bridgehead atoms. The molecule has 16 heavy (non-hydrogen) atoms. The van der Waals surface area contributed by atoms with Crippen LogP contribution in [0.5, 0.6) is 0 Å². The van der Waals surface area contributed by atoms with Crippen LogP contribution in [0.1, 0.15) is 41.5 Å². The highest BCUT2D eigenvalue weighted by atomic mass is 16.5. The summed E-state index contributed by atoms with van der Waals surface area (Å²) >= 11 is 0. The Balaban J connectivity index is 0.000000325. The van der Waals surface area contributed by atoms with Crippen LogP contribution >= 0.6 is 0 Å². The quantitative estimate of drug-likeness (QED) is 0.639. The molecule has 0 aromatic carbocycles. The van der Waals surface area contributed by atoms with Crippen LogP contribution in [-0.2, 0) is 9.47 Å². The van der Waals surface area contributed by atoms with Crippen LogP contribution in [0.25, 0.3) is 0 Å². The second kappa shape index (κ2) is 6.58. The van der Waals surface area contributed by atoms with Crippen molar-refractivity contribution in [2.75, 3.05) is 33.4 Å². The van der Waals surface area contributed by atoms with E-state index in [1.807, 2.05) is 20.8 Å². The Labute approximate surface area is 101 Å². The Morgan fingerprint density at radius 2 is 1.31 bits per heavy atom. The molecule has 1 fully saturated rings. The molecule has 0 spiro atoms. The molecule has 0 radical (unpaired) electrons. The van der Waals surface area contributed by atoms with Crippen LogP contribution in [0.4, 0.5) is 0 Å². The lowest BCUT2D eigenvalue weighted by molar-refractivity contribution is -0.00389. The molecule has 1 rings (SSSR count). The smallest absolute Gasteiger partial charge is 0.0594 e. The van der Waals surface area contributed by atoms with Crippen molar-refractivity contribution in [3.8, 4) is 0 Å². The van der Waals surface area contributed by atoms with Crippen LogP contribution < -0.4 is 0 Å². The Kier molecular flexibility index (Phi) is 6.53. The molecule has 0 aliphatic carbocycles. The molecule has 1 aliphatic rings. The Morgan fingerprint density at radius 1 is 0.938 bits per heavy atom. The molecule has 3 nitrogen and oxygen atoms in total. The number of nitrogens with zero attached hydrogens (tertiary/aromatic N) is 1. The van der Waals surface area contributed by atoms with E-state index in [1.165, 1.54) is 0 Å². The molecule has 1 aliphatic heterocycles. The molecule has 1 saturated heterocycles. The zero-order valence-corrected chi connectivity index (χ0v) is 12.1. The van der Waals surface area contributed by atoms with Gasteiger partial charge in [0.1, 0.15) is 0 Å². The first-order chi connectivity index (χ1) is 7.17. The van der Waals surface area contributed by atoms with Gasteiger partial charge in [-0.1, -0.05) is 0 Å². The van der Waals surface area contributed by atoms with Crippen molar-refractivity contribution in [1.82, 2.24) is 4.90 Å². The number of hydrogen-bond donors (Lipinski definition) is 0. The maximum absolute atomic E-state index is 5.25. The third kappa shape index (κ3) is 8.08. The van der Waals surface area contributed by atoms with E-state index in [0.29, 0.717) is 5.54 Å². The molecule has 0 amide bonds. The molecule has 0 N–H and O–H groups in total. The summed E-state index contributed by atoms with van der Waals surface area (Å²) in [5.41, 5.74) is 0.365. The highest BCUT2D eigenvalue weighted by Gasteiger charge is 2.22. The van der Waals surface area contributed by atoms with E-state index in [9.17, 15) is 0 Å². The van der Waals surface area contributed by atoms with Crippen molar-refractivity contribution in [2.45, 2.75) is 52.7 Å². The number of hydrogen-bond acceptors (Lipinski definition) is 3. The molecular formula is C13H29NO2. The number of morpholine rings is 1. The van der Waals surface area contributed by atoms with Crippen molar-refractivity contribution in [1.29, 1.82) is 0 Å². The zero-order valence-electron chi connectivity index (χ0n) is 12.1. The van der Waals surface area contributed by atoms with Gasteiger partial charge in [-0.15, -0.1) is 0 Å². The summed E-state index contributed by atoms with van der Waals surface area (Å²) in [5, 5.41) is 0. The first kappa shape index (κ1) is 15.9. The van der Waals surface area contributed by atoms with Gasteiger partial charge in [-0.05, 0) is 41.5 Å². The molecular weight excluding hydrogens is 202 g/mol. The maximum atomic E-state index is 5.25. The molecule has 0 aromatic heterocycles. The summed E-state index contributed by atoms with van der Waals surface area (Å²) in [6.07, 6.45) is 0. The molecule has 0 saturated carbocycles. The maximum Gasteiger partial charge on any atom is 0.0594 e. The highest BCUT2D eigenvalue weighted by molar-refractivity contribution is 4.77. The van der Waals surface area contributed by atoms with E-state index in [1.54, 1.807) is 7.11 Å². The summed E-state index contributed by atoms with van der Waals surface area (Å²) in [6, 6.07) is 0. The van der Waals surface area contributed by atoms with E-state index in [-0.39, 0.29) is 5.60 Å². The van der Waals surface area contributed by atoms with Crippen LogP contribution in [-0.4, -0.2) is 49.5 Å². The predicted molar refractivity (Wildman–Crippen MR) is 68.9 cm³/mol.